The first-order chi connectivity index (χ1) is 9.99. The van der Waals surface area contributed by atoms with E-state index in [1.165, 1.54) is 0 Å². The molecule has 1 saturated heterocycles. The molecule has 1 saturated carbocycles. The van der Waals surface area contributed by atoms with E-state index in [4.69, 9.17) is 0 Å². The number of amides is 1. The normalized spacial score (nSPS) is 27.7. The Bertz CT molecular complexity index is 601. The Morgan fingerprint density at radius 1 is 1.33 bits per heavy atom. The second kappa shape index (κ2) is 5.44. The topological polar surface area (TPSA) is 57.6 Å². The number of likely N-dealkylation sites (tertiary alicyclic amines) is 1. The molecule has 4 nitrogen and oxygen atoms in total. The molecule has 1 heterocycles. The summed E-state index contributed by atoms with van der Waals surface area (Å²) >= 11 is 3.42. The van der Waals surface area contributed by atoms with Gasteiger partial charge in [-0.05, 0) is 55.4 Å². The number of benzene rings is 1. The van der Waals surface area contributed by atoms with Crippen LogP contribution in [0.1, 0.15) is 35.2 Å². The molecule has 2 fully saturated rings. The molecule has 112 valence electrons. The Balaban J connectivity index is 1.89. The van der Waals surface area contributed by atoms with Crippen molar-refractivity contribution in [3.05, 3.63) is 33.8 Å². The molecule has 0 bridgehead atoms. The number of carbonyl (C=O) groups excluding carboxylic acids is 1. The molecule has 1 aliphatic carbocycles. The van der Waals surface area contributed by atoms with Crippen LogP contribution < -0.4 is 0 Å². The van der Waals surface area contributed by atoms with E-state index >= 15 is 0 Å². The van der Waals surface area contributed by atoms with Crippen molar-refractivity contribution >= 4 is 27.8 Å². The molecular formula is C16H18BrNO3. The molecule has 3 atom stereocenters. The number of carboxylic acids is 1. The maximum atomic E-state index is 12.7. The summed E-state index contributed by atoms with van der Waals surface area (Å²) in [6.07, 6.45) is 3.04. The van der Waals surface area contributed by atoms with Crippen LogP contribution in [-0.2, 0) is 4.79 Å². The van der Waals surface area contributed by atoms with Gasteiger partial charge in [0.15, 0.2) is 0 Å². The molecular weight excluding hydrogens is 334 g/mol. The van der Waals surface area contributed by atoms with Crippen molar-refractivity contribution in [2.24, 2.45) is 11.8 Å². The van der Waals surface area contributed by atoms with Crippen LogP contribution in [0, 0.1) is 18.8 Å². The number of aliphatic carboxylic acids is 1. The highest BCUT2D eigenvalue weighted by molar-refractivity contribution is 9.10. The van der Waals surface area contributed by atoms with E-state index in [1.807, 2.05) is 19.1 Å². The second-order valence-electron chi connectivity index (χ2n) is 6.06. The highest BCUT2D eigenvalue weighted by atomic mass is 79.9. The first-order valence-corrected chi connectivity index (χ1v) is 8.08. The number of hydrogen-bond acceptors (Lipinski definition) is 2. The van der Waals surface area contributed by atoms with Crippen molar-refractivity contribution in [1.82, 2.24) is 4.90 Å². The average Bonchev–Trinajstić information content (AvgIpc) is 3.00. The Labute approximate surface area is 132 Å². The molecule has 1 aromatic carbocycles. The van der Waals surface area contributed by atoms with Gasteiger partial charge in [-0.2, -0.15) is 0 Å². The third kappa shape index (κ3) is 2.48. The van der Waals surface area contributed by atoms with Crippen molar-refractivity contribution in [2.75, 3.05) is 6.54 Å². The second-order valence-corrected chi connectivity index (χ2v) is 6.91. The third-order valence-corrected chi connectivity index (χ3v) is 5.70. The number of carboxylic acid groups (broad SMARTS) is 1. The minimum Gasteiger partial charge on any atom is -0.480 e. The van der Waals surface area contributed by atoms with E-state index in [0.29, 0.717) is 18.0 Å². The van der Waals surface area contributed by atoms with Crippen molar-refractivity contribution in [3.8, 4) is 0 Å². The van der Waals surface area contributed by atoms with Gasteiger partial charge in [0, 0.05) is 16.6 Å². The molecule has 1 amide bonds. The molecule has 3 rings (SSSR count). The van der Waals surface area contributed by atoms with Crippen molar-refractivity contribution in [2.45, 2.75) is 32.2 Å². The molecule has 5 heteroatoms. The van der Waals surface area contributed by atoms with Crippen LogP contribution in [0.4, 0.5) is 0 Å². The van der Waals surface area contributed by atoms with Gasteiger partial charge in [-0.1, -0.05) is 22.4 Å². The summed E-state index contributed by atoms with van der Waals surface area (Å²) in [5.41, 5.74) is 1.55. The van der Waals surface area contributed by atoms with Crippen LogP contribution in [-0.4, -0.2) is 34.5 Å². The molecule has 1 aliphatic heterocycles. The Hall–Kier alpha value is -1.36. The van der Waals surface area contributed by atoms with E-state index in [1.54, 1.807) is 11.0 Å². The van der Waals surface area contributed by atoms with Crippen LogP contribution >= 0.6 is 15.9 Å². The number of halogens is 1. The van der Waals surface area contributed by atoms with Crippen LogP contribution in [0.15, 0.2) is 22.7 Å². The minimum atomic E-state index is -0.869. The number of nitrogens with zero attached hydrogens (tertiary/aromatic N) is 1. The standard InChI is InChI=1S/C16H18BrNO3/c1-9-7-10(5-6-13(9)17)15(19)18-8-11-3-2-4-12(11)14(18)16(20)21/h5-7,11-12,14H,2-4,8H2,1H3,(H,20,21). The highest BCUT2D eigenvalue weighted by Crippen LogP contribution is 2.42. The SMILES string of the molecule is Cc1cc(C(=O)N2CC3CCCC3C2C(=O)O)ccc1Br. The zero-order chi connectivity index (χ0) is 15.1. The zero-order valence-electron chi connectivity index (χ0n) is 11.9. The number of carbonyl (C=O) groups is 2. The lowest BCUT2D eigenvalue weighted by Gasteiger charge is -2.24. The molecule has 2 aliphatic rings. The molecule has 1 aromatic rings. The summed E-state index contributed by atoms with van der Waals surface area (Å²) in [6, 6.07) is 4.76. The maximum Gasteiger partial charge on any atom is 0.326 e. The first kappa shape index (κ1) is 14.6. The van der Waals surface area contributed by atoms with Gasteiger partial charge in [0.25, 0.3) is 5.91 Å². The molecule has 0 aromatic heterocycles. The summed E-state index contributed by atoms with van der Waals surface area (Å²) in [6.45, 7) is 2.50. The number of hydrogen-bond donors (Lipinski definition) is 1. The quantitative estimate of drug-likeness (QED) is 0.890. The Morgan fingerprint density at radius 2 is 2.10 bits per heavy atom. The Morgan fingerprint density at radius 3 is 2.76 bits per heavy atom. The van der Waals surface area contributed by atoms with Gasteiger partial charge in [-0.3, -0.25) is 4.79 Å². The van der Waals surface area contributed by atoms with Gasteiger partial charge >= 0.3 is 5.97 Å². The number of rotatable bonds is 2. The van der Waals surface area contributed by atoms with Crippen LogP contribution in [0.3, 0.4) is 0 Å². The van der Waals surface area contributed by atoms with Gasteiger partial charge in [0.05, 0.1) is 0 Å². The predicted molar refractivity (Wildman–Crippen MR) is 82.2 cm³/mol. The fourth-order valence-electron chi connectivity index (χ4n) is 3.77. The van der Waals surface area contributed by atoms with Gasteiger partial charge in [-0.25, -0.2) is 4.79 Å². The lowest BCUT2D eigenvalue weighted by atomic mass is 9.94. The van der Waals surface area contributed by atoms with Crippen molar-refractivity contribution in [1.29, 1.82) is 0 Å². The first-order valence-electron chi connectivity index (χ1n) is 7.29. The smallest absolute Gasteiger partial charge is 0.326 e. The molecule has 0 spiro atoms. The Kier molecular flexibility index (Phi) is 3.78. The van der Waals surface area contributed by atoms with E-state index in [2.05, 4.69) is 15.9 Å². The van der Waals surface area contributed by atoms with Gasteiger partial charge in [-0.15, -0.1) is 0 Å². The van der Waals surface area contributed by atoms with E-state index in [-0.39, 0.29) is 11.8 Å². The van der Waals surface area contributed by atoms with E-state index in [0.717, 1.165) is 29.3 Å². The van der Waals surface area contributed by atoms with Crippen molar-refractivity contribution < 1.29 is 14.7 Å². The molecule has 3 unspecified atom stereocenters. The summed E-state index contributed by atoms with van der Waals surface area (Å²) in [4.78, 5) is 25.9. The zero-order valence-corrected chi connectivity index (χ0v) is 13.5. The largest absolute Gasteiger partial charge is 0.480 e. The van der Waals surface area contributed by atoms with Gasteiger partial charge < -0.3 is 10.0 Å². The fourth-order valence-corrected chi connectivity index (χ4v) is 4.02. The lowest BCUT2D eigenvalue weighted by molar-refractivity contribution is -0.142. The third-order valence-electron chi connectivity index (χ3n) is 4.81. The molecule has 1 N–H and O–H groups in total. The van der Waals surface area contributed by atoms with E-state index < -0.39 is 12.0 Å². The predicted octanol–water partition coefficient (Wildman–Crippen LogP) is 3.08. The number of fused-ring (bicyclic) bond motifs is 1. The molecule has 21 heavy (non-hydrogen) atoms. The lowest BCUT2D eigenvalue weighted by Crippen LogP contribution is -2.43. The maximum absolute atomic E-state index is 12.7. The monoisotopic (exact) mass is 351 g/mol. The van der Waals surface area contributed by atoms with E-state index in [9.17, 15) is 14.7 Å². The summed E-state index contributed by atoms with van der Waals surface area (Å²) in [7, 11) is 0. The van der Waals surface area contributed by atoms with Gasteiger partial charge in [0.1, 0.15) is 6.04 Å². The summed E-state index contributed by atoms with van der Waals surface area (Å²) < 4.78 is 0.951. The highest BCUT2D eigenvalue weighted by Gasteiger charge is 2.49. The van der Waals surface area contributed by atoms with Crippen LogP contribution in [0.5, 0.6) is 0 Å². The summed E-state index contributed by atoms with van der Waals surface area (Å²) in [5, 5.41) is 9.52. The minimum absolute atomic E-state index is 0.128. The molecule has 0 radical (unpaired) electrons. The van der Waals surface area contributed by atoms with Crippen LogP contribution in [0.2, 0.25) is 0 Å². The number of aryl methyl sites for hydroxylation is 1. The fraction of sp³-hybridized carbons (Fsp3) is 0.500. The average molecular weight is 352 g/mol. The van der Waals surface area contributed by atoms with Gasteiger partial charge in [0.2, 0.25) is 0 Å². The van der Waals surface area contributed by atoms with Crippen LogP contribution in [0.25, 0.3) is 0 Å². The van der Waals surface area contributed by atoms with Crippen molar-refractivity contribution in [3.63, 3.8) is 0 Å². The summed E-state index contributed by atoms with van der Waals surface area (Å²) in [5.74, 6) is -0.548.